The van der Waals surface area contributed by atoms with Crippen molar-refractivity contribution in [3.05, 3.63) is 12.2 Å². The summed E-state index contributed by atoms with van der Waals surface area (Å²) in [4.78, 5) is 83.8. The van der Waals surface area contributed by atoms with E-state index in [-0.39, 0.29) is 24.7 Å². The third-order valence-electron chi connectivity index (χ3n) is 5.40. The zero-order chi connectivity index (χ0) is 28.0. The number of carbonyl (C=O) groups excluding carboxylic acids is 7. The molecule has 13 heteroatoms. The molecular formula is C24H37N5O7S. The van der Waals surface area contributed by atoms with Crippen LogP contribution >= 0.6 is 11.8 Å². The number of unbranched alkanes of at least 4 members (excludes halogenated alkanes) is 2. The molecule has 37 heavy (non-hydrogen) atoms. The van der Waals surface area contributed by atoms with E-state index in [0.717, 1.165) is 42.1 Å². The van der Waals surface area contributed by atoms with Crippen molar-refractivity contribution in [3.63, 3.8) is 0 Å². The van der Waals surface area contributed by atoms with Crippen molar-refractivity contribution in [2.24, 2.45) is 0 Å². The lowest BCUT2D eigenvalue weighted by Gasteiger charge is -2.20. The fourth-order valence-electron chi connectivity index (χ4n) is 3.15. The lowest BCUT2D eigenvalue weighted by Crippen LogP contribution is -2.54. The molecule has 0 saturated carbocycles. The van der Waals surface area contributed by atoms with E-state index in [1.807, 2.05) is 0 Å². The largest absolute Gasteiger partial charge is 0.345 e. The second kappa shape index (κ2) is 16.5. The van der Waals surface area contributed by atoms with Gasteiger partial charge in [-0.1, -0.05) is 6.42 Å². The molecule has 4 N–H and O–H groups in total. The van der Waals surface area contributed by atoms with E-state index in [9.17, 15) is 33.6 Å². The molecule has 0 bridgehead atoms. The summed E-state index contributed by atoms with van der Waals surface area (Å²) in [7, 11) is 0. The third kappa shape index (κ3) is 12.5. The molecule has 0 spiro atoms. The minimum atomic E-state index is -0.967. The predicted molar refractivity (Wildman–Crippen MR) is 138 cm³/mol. The maximum Gasteiger partial charge on any atom is 0.253 e. The number of nitrogens with one attached hydrogen (secondary N) is 4. The Morgan fingerprint density at radius 1 is 0.784 bits per heavy atom. The van der Waals surface area contributed by atoms with E-state index < -0.39 is 47.7 Å². The molecule has 0 aromatic rings. The maximum absolute atomic E-state index is 12.4. The van der Waals surface area contributed by atoms with Gasteiger partial charge in [-0.2, -0.15) is 0 Å². The third-order valence-corrected chi connectivity index (χ3v) is 6.33. The van der Waals surface area contributed by atoms with Gasteiger partial charge in [0.05, 0.1) is 5.88 Å². The van der Waals surface area contributed by atoms with Crippen molar-refractivity contribution >= 4 is 53.0 Å². The molecule has 3 atom stereocenters. The summed E-state index contributed by atoms with van der Waals surface area (Å²) in [5.41, 5.74) is 0. The summed E-state index contributed by atoms with van der Waals surface area (Å²) in [5.74, 6) is -1.63. The average Bonchev–Trinajstić information content (AvgIpc) is 3.15. The fourth-order valence-corrected chi connectivity index (χ4v) is 3.95. The SMILES string of the molecule is CC(=O)CCCCCSCNC(=O)C(C)NC(=O)C(C)NC(=O)C(C)NC(=O)CCN1C(=O)C=CC1=O. The molecule has 1 aliphatic heterocycles. The van der Waals surface area contributed by atoms with Crippen LogP contribution in [0, 0.1) is 0 Å². The molecule has 0 aliphatic carbocycles. The van der Waals surface area contributed by atoms with Crippen LogP contribution in [-0.2, 0) is 33.6 Å². The Morgan fingerprint density at radius 2 is 1.32 bits per heavy atom. The Bertz CT molecular complexity index is 890. The summed E-state index contributed by atoms with van der Waals surface area (Å²) < 4.78 is 0. The Balaban J connectivity index is 2.26. The Hall–Kier alpha value is -3.22. The topological polar surface area (TPSA) is 171 Å². The molecule has 1 aliphatic rings. The predicted octanol–water partition coefficient (Wildman–Crippen LogP) is -0.228. The monoisotopic (exact) mass is 539 g/mol. The number of thioether (sulfide) groups is 1. The quantitative estimate of drug-likeness (QED) is 0.112. The van der Waals surface area contributed by atoms with E-state index >= 15 is 0 Å². The van der Waals surface area contributed by atoms with Crippen molar-refractivity contribution in [1.82, 2.24) is 26.2 Å². The van der Waals surface area contributed by atoms with Gasteiger partial charge in [0.25, 0.3) is 11.8 Å². The first-order valence-electron chi connectivity index (χ1n) is 12.2. The lowest BCUT2D eigenvalue weighted by atomic mass is 10.2. The van der Waals surface area contributed by atoms with Gasteiger partial charge in [0, 0.05) is 31.5 Å². The molecule has 12 nitrogen and oxygen atoms in total. The summed E-state index contributed by atoms with van der Waals surface area (Å²) in [6.07, 6.45) is 5.43. The Labute approximate surface area is 221 Å². The van der Waals surface area contributed by atoms with Gasteiger partial charge in [-0.3, -0.25) is 33.7 Å². The number of nitrogens with zero attached hydrogens (tertiary/aromatic N) is 1. The number of amides is 6. The molecule has 0 fully saturated rings. The average molecular weight is 540 g/mol. The van der Waals surface area contributed by atoms with E-state index in [1.165, 1.54) is 20.8 Å². The molecule has 206 valence electrons. The van der Waals surface area contributed by atoms with E-state index in [0.29, 0.717) is 12.3 Å². The van der Waals surface area contributed by atoms with Crippen LogP contribution in [0.4, 0.5) is 0 Å². The van der Waals surface area contributed by atoms with Gasteiger partial charge in [-0.25, -0.2) is 0 Å². The highest BCUT2D eigenvalue weighted by Crippen LogP contribution is 2.07. The van der Waals surface area contributed by atoms with Crippen molar-refractivity contribution in [1.29, 1.82) is 0 Å². The van der Waals surface area contributed by atoms with Crippen LogP contribution in [0.2, 0.25) is 0 Å². The van der Waals surface area contributed by atoms with Crippen LogP contribution in [-0.4, -0.2) is 82.4 Å². The minimum Gasteiger partial charge on any atom is -0.345 e. The standard InChI is InChI=1S/C24H37N5O7S/c1-15(30)8-6-5-7-13-37-14-25-22(34)16(2)27-24(36)18(4)28-23(35)17(3)26-19(31)11-12-29-20(32)9-10-21(29)33/h9-10,16-18H,5-8,11-14H2,1-4H3,(H,25,34)(H,26,31)(H,27,36)(H,28,35). The number of hydrogen-bond donors (Lipinski definition) is 4. The number of imide groups is 1. The zero-order valence-electron chi connectivity index (χ0n) is 21.8. The molecular weight excluding hydrogens is 502 g/mol. The number of Topliss-reactive ketones (excluding diaryl/α,β-unsaturated/α-hetero) is 1. The second-order valence-electron chi connectivity index (χ2n) is 8.77. The highest BCUT2D eigenvalue weighted by molar-refractivity contribution is 7.99. The van der Waals surface area contributed by atoms with Crippen LogP contribution in [0.25, 0.3) is 0 Å². The number of ketones is 1. The molecule has 0 aromatic carbocycles. The Kier molecular flexibility index (Phi) is 14.2. The number of carbonyl (C=O) groups is 7. The molecule has 0 radical (unpaired) electrons. The van der Waals surface area contributed by atoms with Gasteiger partial charge < -0.3 is 26.1 Å². The Morgan fingerprint density at radius 3 is 1.89 bits per heavy atom. The van der Waals surface area contributed by atoms with E-state index in [2.05, 4.69) is 21.3 Å². The van der Waals surface area contributed by atoms with Gasteiger partial charge >= 0.3 is 0 Å². The fraction of sp³-hybridized carbons (Fsp3) is 0.625. The first-order valence-corrected chi connectivity index (χ1v) is 13.4. The highest BCUT2D eigenvalue weighted by atomic mass is 32.2. The lowest BCUT2D eigenvalue weighted by molar-refractivity contribution is -0.137. The van der Waals surface area contributed by atoms with Crippen LogP contribution < -0.4 is 21.3 Å². The molecule has 6 amide bonds. The molecule has 0 saturated heterocycles. The number of rotatable bonds is 17. The van der Waals surface area contributed by atoms with Crippen LogP contribution in [0.5, 0.6) is 0 Å². The van der Waals surface area contributed by atoms with Gasteiger partial charge in [-0.05, 0) is 46.3 Å². The molecule has 1 heterocycles. The van der Waals surface area contributed by atoms with Gasteiger partial charge in [0.1, 0.15) is 23.9 Å². The van der Waals surface area contributed by atoms with Crippen molar-refractivity contribution in [2.75, 3.05) is 18.2 Å². The van der Waals surface area contributed by atoms with Crippen molar-refractivity contribution in [3.8, 4) is 0 Å². The van der Waals surface area contributed by atoms with Gasteiger partial charge in [-0.15, -0.1) is 11.8 Å². The highest BCUT2D eigenvalue weighted by Gasteiger charge is 2.26. The minimum absolute atomic E-state index is 0.108. The molecule has 3 unspecified atom stereocenters. The van der Waals surface area contributed by atoms with Crippen molar-refractivity contribution in [2.45, 2.75) is 77.9 Å². The van der Waals surface area contributed by atoms with Gasteiger partial charge in [0.15, 0.2) is 0 Å². The number of hydrogen-bond acceptors (Lipinski definition) is 8. The van der Waals surface area contributed by atoms with E-state index in [1.54, 1.807) is 18.7 Å². The summed E-state index contributed by atoms with van der Waals surface area (Å²) >= 11 is 1.55. The summed E-state index contributed by atoms with van der Waals surface area (Å²) in [6, 6.07) is -2.74. The normalized spacial score (nSPS) is 15.1. The van der Waals surface area contributed by atoms with Gasteiger partial charge in [0.2, 0.25) is 23.6 Å². The maximum atomic E-state index is 12.4. The van der Waals surface area contributed by atoms with Crippen LogP contribution in [0.15, 0.2) is 12.2 Å². The molecule has 1 rings (SSSR count). The van der Waals surface area contributed by atoms with Crippen LogP contribution in [0.3, 0.4) is 0 Å². The smallest absolute Gasteiger partial charge is 0.253 e. The summed E-state index contributed by atoms with van der Waals surface area (Å²) in [5, 5.41) is 10.2. The first-order chi connectivity index (χ1) is 17.4. The van der Waals surface area contributed by atoms with Crippen molar-refractivity contribution < 1.29 is 33.6 Å². The second-order valence-corrected chi connectivity index (χ2v) is 9.87. The summed E-state index contributed by atoms with van der Waals surface area (Å²) in [6.45, 7) is 5.88. The first kappa shape index (κ1) is 31.8. The zero-order valence-corrected chi connectivity index (χ0v) is 22.6. The van der Waals surface area contributed by atoms with E-state index in [4.69, 9.17) is 0 Å². The molecule has 0 aromatic heterocycles. The van der Waals surface area contributed by atoms with Crippen LogP contribution in [0.1, 0.15) is 59.8 Å².